The number of nitrogens with one attached hydrogen (secondary N) is 3. The number of anilines is 1. The molecule has 0 aliphatic rings. The van der Waals surface area contributed by atoms with E-state index in [0.29, 0.717) is 18.7 Å². The van der Waals surface area contributed by atoms with Gasteiger partial charge in [0.2, 0.25) is 5.91 Å². The second-order valence-corrected chi connectivity index (χ2v) is 6.38. The zero-order valence-electron chi connectivity index (χ0n) is 15.5. The Labute approximate surface area is 158 Å². The molecule has 0 radical (unpaired) electrons. The van der Waals surface area contributed by atoms with E-state index in [1.807, 2.05) is 32.0 Å². The molecule has 0 atom stereocenters. The topological polar surface area (TPSA) is 100 Å². The van der Waals surface area contributed by atoms with E-state index in [-0.39, 0.29) is 18.4 Å². The zero-order chi connectivity index (χ0) is 19.6. The highest BCUT2D eigenvalue weighted by atomic mass is 16.2. The Morgan fingerprint density at radius 3 is 2.37 bits per heavy atom. The van der Waals surface area contributed by atoms with E-state index in [4.69, 9.17) is 0 Å². The molecule has 7 nitrogen and oxygen atoms in total. The Hall–Kier alpha value is -3.22. The number of pyridine rings is 1. The van der Waals surface area contributed by atoms with Gasteiger partial charge in [-0.1, -0.05) is 18.2 Å². The fraction of sp³-hybridized carbons (Fsp3) is 0.300. The molecule has 3 amide bonds. The maximum absolute atomic E-state index is 11.9. The quantitative estimate of drug-likeness (QED) is 0.644. The lowest BCUT2D eigenvalue weighted by molar-refractivity contribution is -0.136. The third-order valence-corrected chi connectivity index (χ3v) is 3.63. The average Bonchev–Trinajstić information content (AvgIpc) is 2.63. The summed E-state index contributed by atoms with van der Waals surface area (Å²) in [6.45, 7) is 4.13. The van der Waals surface area contributed by atoms with Crippen molar-refractivity contribution < 1.29 is 14.4 Å². The monoisotopic (exact) mass is 368 g/mol. The number of amides is 3. The first-order chi connectivity index (χ1) is 12.9. The highest BCUT2D eigenvalue weighted by molar-refractivity contribution is 6.39. The molecule has 2 rings (SSSR count). The molecule has 2 aromatic rings. The van der Waals surface area contributed by atoms with Crippen LogP contribution in [0.5, 0.6) is 0 Å². The molecule has 1 heterocycles. The third kappa shape index (κ3) is 7.27. The number of nitrogens with zero attached hydrogens (tertiary/aromatic N) is 1. The maximum atomic E-state index is 11.9. The molecule has 0 unspecified atom stereocenters. The summed E-state index contributed by atoms with van der Waals surface area (Å²) in [5.41, 5.74) is 2.16. The van der Waals surface area contributed by atoms with Crippen LogP contribution in [0.1, 0.15) is 25.1 Å². The van der Waals surface area contributed by atoms with Crippen molar-refractivity contribution in [1.29, 1.82) is 0 Å². The van der Waals surface area contributed by atoms with Crippen LogP contribution in [-0.2, 0) is 27.2 Å². The number of rotatable bonds is 7. The lowest BCUT2D eigenvalue weighted by atomic mass is 10.1. The standard InChI is InChI=1S/C20H24N4O3/c1-14(2)23-18(25)13-15-6-8-17(9-7-15)24-20(27)19(26)22-12-10-16-5-3-4-11-21-16/h3-9,11,14H,10,12-13H2,1-2H3,(H,22,26)(H,23,25)(H,24,27). The predicted octanol–water partition coefficient (Wildman–Crippen LogP) is 1.45. The summed E-state index contributed by atoms with van der Waals surface area (Å²) in [7, 11) is 0. The van der Waals surface area contributed by atoms with Crippen LogP contribution >= 0.6 is 0 Å². The summed E-state index contributed by atoms with van der Waals surface area (Å²) in [4.78, 5) is 39.7. The lowest BCUT2D eigenvalue weighted by Crippen LogP contribution is -2.36. The molecule has 0 fully saturated rings. The van der Waals surface area contributed by atoms with Crippen molar-refractivity contribution in [3.8, 4) is 0 Å². The highest BCUT2D eigenvalue weighted by Gasteiger charge is 2.13. The Bertz CT molecular complexity index is 774. The molecule has 0 saturated carbocycles. The minimum Gasteiger partial charge on any atom is -0.354 e. The van der Waals surface area contributed by atoms with Gasteiger partial charge in [0.1, 0.15) is 0 Å². The largest absolute Gasteiger partial charge is 0.354 e. The molecular formula is C20H24N4O3. The van der Waals surface area contributed by atoms with Crippen LogP contribution in [0, 0.1) is 0 Å². The molecule has 3 N–H and O–H groups in total. The van der Waals surface area contributed by atoms with Crippen LogP contribution in [-0.4, -0.2) is 35.3 Å². The maximum Gasteiger partial charge on any atom is 0.313 e. The molecule has 27 heavy (non-hydrogen) atoms. The molecule has 0 bridgehead atoms. The molecule has 0 saturated heterocycles. The number of carbonyl (C=O) groups excluding carboxylic acids is 3. The fourth-order valence-corrected chi connectivity index (χ4v) is 2.38. The smallest absolute Gasteiger partial charge is 0.313 e. The van der Waals surface area contributed by atoms with Gasteiger partial charge in [0.05, 0.1) is 6.42 Å². The van der Waals surface area contributed by atoms with Crippen molar-refractivity contribution in [3.63, 3.8) is 0 Å². The Morgan fingerprint density at radius 1 is 1.00 bits per heavy atom. The normalized spacial score (nSPS) is 10.3. The van der Waals surface area contributed by atoms with E-state index in [9.17, 15) is 14.4 Å². The van der Waals surface area contributed by atoms with Gasteiger partial charge in [0.15, 0.2) is 0 Å². The van der Waals surface area contributed by atoms with Crippen molar-refractivity contribution in [1.82, 2.24) is 15.6 Å². The van der Waals surface area contributed by atoms with E-state index in [1.54, 1.807) is 30.5 Å². The minimum atomic E-state index is -0.735. The van der Waals surface area contributed by atoms with Crippen LogP contribution in [0.2, 0.25) is 0 Å². The van der Waals surface area contributed by atoms with Crippen LogP contribution < -0.4 is 16.0 Å². The molecule has 0 spiro atoms. The van der Waals surface area contributed by atoms with Crippen molar-refractivity contribution in [3.05, 3.63) is 59.9 Å². The van der Waals surface area contributed by atoms with Crippen LogP contribution in [0.15, 0.2) is 48.7 Å². The van der Waals surface area contributed by atoms with Gasteiger partial charge in [0.25, 0.3) is 0 Å². The Morgan fingerprint density at radius 2 is 1.74 bits per heavy atom. The summed E-state index contributed by atoms with van der Waals surface area (Å²) in [5, 5.41) is 7.92. The van der Waals surface area contributed by atoms with Crippen molar-refractivity contribution in [2.45, 2.75) is 32.7 Å². The number of hydrogen-bond donors (Lipinski definition) is 3. The first kappa shape index (κ1) is 20.1. The second kappa shape index (κ2) is 10.1. The minimum absolute atomic E-state index is 0.0610. The fourth-order valence-electron chi connectivity index (χ4n) is 2.38. The number of hydrogen-bond acceptors (Lipinski definition) is 4. The predicted molar refractivity (Wildman–Crippen MR) is 103 cm³/mol. The summed E-state index contributed by atoms with van der Waals surface area (Å²) < 4.78 is 0. The summed E-state index contributed by atoms with van der Waals surface area (Å²) in [6, 6.07) is 12.4. The van der Waals surface area contributed by atoms with Crippen molar-refractivity contribution in [2.24, 2.45) is 0 Å². The van der Waals surface area contributed by atoms with E-state index < -0.39 is 11.8 Å². The summed E-state index contributed by atoms with van der Waals surface area (Å²) in [5.74, 6) is -1.50. The van der Waals surface area contributed by atoms with Gasteiger partial charge in [-0.05, 0) is 43.7 Å². The Kier molecular flexibility index (Phi) is 7.49. The first-order valence-corrected chi connectivity index (χ1v) is 8.81. The van der Waals surface area contributed by atoms with E-state index in [2.05, 4.69) is 20.9 Å². The number of benzene rings is 1. The molecule has 1 aromatic carbocycles. The van der Waals surface area contributed by atoms with Gasteiger partial charge in [-0.2, -0.15) is 0 Å². The third-order valence-electron chi connectivity index (χ3n) is 3.63. The Balaban J connectivity index is 1.77. The molecule has 0 aliphatic carbocycles. The number of carbonyl (C=O) groups is 3. The second-order valence-electron chi connectivity index (χ2n) is 6.38. The lowest BCUT2D eigenvalue weighted by Gasteiger charge is -2.09. The number of aromatic nitrogens is 1. The highest BCUT2D eigenvalue weighted by Crippen LogP contribution is 2.10. The van der Waals surface area contributed by atoms with Gasteiger partial charge in [-0.15, -0.1) is 0 Å². The summed E-state index contributed by atoms with van der Waals surface area (Å²) >= 11 is 0. The van der Waals surface area contributed by atoms with Crippen molar-refractivity contribution >= 4 is 23.4 Å². The molecule has 7 heteroatoms. The van der Waals surface area contributed by atoms with Crippen molar-refractivity contribution in [2.75, 3.05) is 11.9 Å². The van der Waals surface area contributed by atoms with E-state index in [1.165, 1.54) is 0 Å². The zero-order valence-corrected chi connectivity index (χ0v) is 15.5. The molecule has 142 valence electrons. The van der Waals surface area contributed by atoms with Gasteiger partial charge in [-0.3, -0.25) is 19.4 Å². The molecule has 1 aromatic heterocycles. The van der Waals surface area contributed by atoms with Gasteiger partial charge in [0, 0.05) is 36.6 Å². The first-order valence-electron chi connectivity index (χ1n) is 8.81. The van der Waals surface area contributed by atoms with Crippen LogP contribution in [0.4, 0.5) is 5.69 Å². The van der Waals surface area contributed by atoms with E-state index >= 15 is 0 Å². The van der Waals surface area contributed by atoms with E-state index in [0.717, 1.165) is 11.3 Å². The van der Waals surface area contributed by atoms with Crippen LogP contribution in [0.3, 0.4) is 0 Å². The average molecular weight is 368 g/mol. The summed E-state index contributed by atoms with van der Waals surface area (Å²) in [6.07, 6.45) is 2.49. The molecular weight excluding hydrogens is 344 g/mol. The SMILES string of the molecule is CC(C)NC(=O)Cc1ccc(NC(=O)C(=O)NCCc2ccccn2)cc1. The van der Waals surface area contributed by atoms with Crippen LogP contribution in [0.25, 0.3) is 0 Å². The van der Waals surface area contributed by atoms with Gasteiger partial charge in [-0.25, -0.2) is 0 Å². The van der Waals surface area contributed by atoms with Gasteiger partial charge >= 0.3 is 11.8 Å². The molecule has 0 aliphatic heterocycles. The van der Waals surface area contributed by atoms with Gasteiger partial charge < -0.3 is 16.0 Å².